The van der Waals surface area contributed by atoms with E-state index in [2.05, 4.69) is 0 Å². The average Bonchev–Trinajstić information content (AvgIpc) is 2.61. The van der Waals surface area contributed by atoms with Gasteiger partial charge in [0.1, 0.15) is 5.82 Å². The van der Waals surface area contributed by atoms with Crippen LogP contribution in [0.1, 0.15) is 5.56 Å². The third kappa shape index (κ3) is 1.65. The molecule has 0 aliphatic carbocycles. The number of nitrogens with two attached hydrogens (primary N) is 1. The van der Waals surface area contributed by atoms with Crippen LogP contribution >= 0.6 is 0 Å². The van der Waals surface area contributed by atoms with Crippen molar-refractivity contribution in [2.75, 3.05) is 19.8 Å². The van der Waals surface area contributed by atoms with Gasteiger partial charge in [0.05, 0.1) is 25.4 Å². The Labute approximate surface area is 87.7 Å². The molecule has 0 radical (unpaired) electrons. The molecule has 0 saturated carbocycles. The van der Waals surface area contributed by atoms with Gasteiger partial charge in [0, 0.05) is 11.5 Å². The molecular weight excluding hydrogens is 197 g/mol. The van der Waals surface area contributed by atoms with Crippen molar-refractivity contribution >= 4 is 0 Å². The van der Waals surface area contributed by atoms with Crippen LogP contribution in [0, 0.1) is 11.7 Å². The summed E-state index contributed by atoms with van der Waals surface area (Å²) >= 11 is 0. The van der Waals surface area contributed by atoms with Crippen LogP contribution in [0.15, 0.2) is 24.3 Å². The van der Waals surface area contributed by atoms with Gasteiger partial charge in [-0.25, -0.2) is 4.39 Å². The first-order valence-corrected chi connectivity index (χ1v) is 4.91. The molecule has 3 nitrogen and oxygen atoms in total. The summed E-state index contributed by atoms with van der Waals surface area (Å²) in [7, 11) is 0. The lowest BCUT2D eigenvalue weighted by atomic mass is 9.82. The van der Waals surface area contributed by atoms with Crippen LogP contribution in [-0.4, -0.2) is 24.9 Å². The minimum Gasteiger partial charge on any atom is -0.396 e. The quantitative estimate of drug-likeness (QED) is 0.754. The highest BCUT2D eigenvalue weighted by Gasteiger charge is 2.43. The van der Waals surface area contributed by atoms with Gasteiger partial charge < -0.3 is 15.6 Å². The Kier molecular flexibility index (Phi) is 2.73. The van der Waals surface area contributed by atoms with Crippen molar-refractivity contribution in [3.05, 3.63) is 35.6 Å². The van der Waals surface area contributed by atoms with E-state index in [1.165, 1.54) is 6.07 Å². The Hall–Kier alpha value is -0.970. The topological polar surface area (TPSA) is 55.5 Å². The zero-order chi connectivity index (χ0) is 10.9. The van der Waals surface area contributed by atoms with Gasteiger partial charge in [-0.05, 0) is 6.07 Å². The second-order valence-electron chi connectivity index (χ2n) is 3.91. The molecule has 82 valence electrons. The van der Waals surface area contributed by atoms with Gasteiger partial charge in [-0.3, -0.25) is 0 Å². The highest BCUT2D eigenvalue weighted by atomic mass is 19.1. The van der Waals surface area contributed by atoms with E-state index in [1.807, 2.05) is 0 Å². The van der Waals surface area contributed by atoms with E-state index >= 15 is 0 Å². The Morgan fingerprint density at radius 1 is 1.53 bits per heavy atom. The molecule has 0 aromatic heterocycles. The first kappa shape index (κ1) is 10.5. The van der Waals surface area contributed by atoms with Crippen LogP contribution in [0.2, 0.25) is 0 Å². The van der Waals surface area contributed by atoms with E-state index in [1.54, 1.807) is 18.2 Å². The predicted octanol–water partition coefficient (Wildman–Crippen LogP) is 0.618. The summed E-state index contributed by atoms with van der Waals surface area (Å²) in [5.74, 6) is -0.585. The molecule has 4 heteroatoms. The maximum atomic E-state index is 13.6. The number of hydrogen-bond acceptors (Lipinski definition) is 3. The number of hydrogen-bond donors (Lipinski definition) is 2. The van der Waals surface area contributed by atoms with Crippen molar-refractivity contribution in [3.63, 3.8) is 0 Å². The fourth-order valence-corrected chi connectivity index (χ4v) is 1.99. The molecule has 0 spiro atoms. The van der Waals surface area contributed by atoms with Crippen LogP contribution < -0.4 is 5.73 Å². The second kappa shape index (κ2) is 3.89. The van der Waals surface area contributed by atoms with E-state index in [0.29, 0.717) is 12.2 Å². The molecule has 1 saturated heterocycles. The number of rotatable bonds is 2. The molecule has 15 heavy (non-hydrogen) atoms. The minimum atomic E-state index is -0.903. The zero-order valence-corrected chi connectivity index (χ0v) is 8.32. The first-order chi connectivity index (χ1) is 7.18. The third-order valence-electron chi connectivity index (χ3n) is 2.98. The maximum absolute atomic E-state index is 13.6. The Balaban J connectivity index is 2.40. The summed E-state index contributed by atoms with van der Waals surface area (Å²) in [5, 5.41) is 9.17. The minimum absolute atomic E-state index is 0.0924. The molecule has 0 amide bonds. The molecule has 0 bridgehead atoms. The number of halogens is 1. The van der Waals surface area contributed by atoms with Gasteiger partial charge in [-0.2, -0.15) is 0 Å². The molecule has 3 N–H and O–H groups in total. The lowest BCUT2D eigenvalue weighted by Gasteiger charge is -2.29. The van der Waals surface area contributed by atoms with Gasteiger partial charge in [0.2, 0.25) is 0 Å². The summed E-state index contributed by atoms with van der Waals surface area (Å²) in [6, 6.07) is 6.37. The van der Waals surface area contributed by atoms with Crippen LogP contribution in [-0.2, 0) is 10.3 Å². The molecule has 1 aromatic rings. The van der Waals surface area contributed by atoms with Gasteiger partial charge in [0.25, 0.3) is 0 Å². The van der Waals surface area contributed by atoms with Crippen LogP contribution in [0.3, 0.4) is 0 Å². The number of benzene rings is 1. The highest BCUT2D eigenvalue weighted by molar-refractivity contribution is 5.28. The van der Waals surface area contributed by atoms with E-state index < -0.39 is 5.54 Å². The summed E-state index contributed by atoms with van der Waals surface area (Å²) in [4.78, 5) is 0. The molecule has 1 aliphatic heterocycles. The van der Waals surface area contributed by atoms with Crippen molar-refractivity contribution in [2.45, 2.75) is 5.54 Å². The zero-order valence-electron chi connectivity index (χ0n) is 8.32. The largest absolute Gasteiger partial charge is 0.396 e. The fourth-order valence-electron chi connectivity index (χ4n) is 1.99. The number of aliphatic hydroxyl groups is 1. The van der Waals surface area contributed by atoms with Crippen LogP contribution in [0.4, 0.5) is 4.39 Å². The lowest BCUT2D eigenvalue weighted by Crippen LogP contribution is -2.45. The molecule has 1 aromatic carbocycles. The first-order valence-electron chi connectivity index (χ1n) is 4.91. The normalized spacial score (nSPS) is 30.7. The van der Waals surface area contributed by atoms with E-state index in [0.717, 1.165) is 0 Å². The summed E-state index contributed by atoms with van der Waals surface area (Å²) in [6.07, 6.45) is 0. The Morgan fingerprint density at radius 2 is 2.27 bits per heavy atom. The third-order valence-corrected chi connectivity index (χ3v) is 2.98. The lowest BCUT2D eigenvalue weighted by molar-refractivity contribution is 0.160. The van der Waals surface area contributed by atoms with Crippen molar-refractivity contribution in [2.24, 2.45) is 11.7 Å². The SMILES string of the molecule is N[C@@]1(c2ccccc2F)COCC1CO. The number of ether oxygens (including phenoxy) is 1. The Bertz CT molecular complexity index is 358. The van der Waals surface area contributed by atoms with Gasteiger partial charge >= 0.3 is 0 Å². The number of aliphatic hydroxyl groups excluding tert-OH is 1. The second-order valence-corrected chi connectivity index (χ2v) is 3.91. The van der Waals surface area contributed by atoms with Crippen molar-refractivity contribution in [1.82, 2.24) is 0 Å². The summed E-state index contributed by atoms with van der Waals surface area (Å²) in [5.41, 5.74) is 5.63. The van der Waals surface area contributed by atoms with Gasteiger partial charge in [-0.1, -0.05) is 18.2 Å². The molecule has 1 aliphatic rings. The molecule has 2 atom stereocenters. The van der Waals surface area contributed by atoms with E-state index in [4.69, 9.17) is 10.5 Å². The van der Waals surface area contributed by atoms with Crippen LogP contribution in [0.5, 0.6) is 0 Å². The van der Waals surface area contributed by atoms with Gasteiger partial charge in [-0.15, -0.1) is 0 Å². The van der Waals surface area contributed by atoms with Crippen molar-refractivity contribution in [3.8, 4) is 0 Å². The predicted molar refractivity (Wildman–Crippen MR) is 53.7 cm³/mol. The molecule has 2 rings (SSSR count). The Morgan fingerprint density at radius 3 is 2.93 bits per heavy atom. The average molecular weight is 211 g/mol. The van der Waals surface area contributed by atoms with E-state index in [-0.39, 0.29) is 24.9 Å². The monoisotopic (exact) mass is 211 g/mol. The summed E-state index contributed by atoms with van der Waals surface area (Å²) < 4.78 is 18.8. The maximum Gasteiger partial charge on any atom is 0.128 e. The molecule has 1 fully saturated rings. The van der Waals surface area contributed by atoms with Crippen molar-refractivity contribution < 1.29 is 14.2 Å². The highest BCUT2D eigenvalue weighted by Crippen LogP contribution is 2.34. The smallest absolute Gasteiger partial charge is 0.128 e. The van der Waals surface area contributed by atoms with E-state index in [9.17, 15) is 9.50 Å². The summed E-state index contributed by atoms with van der Waals surface area (Å²) in [6.45, 7) is 0.533. The molecule has 1 heterocycles. The van der Waals surface area contributed by atoms with Gasteiger partial charge in [0.15, 0.2) is 0 Å². The van der Waals surface area contributed by atoms with Crippen LogP contribution in [0.25, 0.3) is 0 Å². The fraction of sp³-hybridized carbons (Fsp3) is 0.455. The molecule has 1 unspecified atom stereocenters. The van der Waals surface area contributed by atoms with Crippen molar-refractivity contribution in [1.29, 1.82) is 0 Å². The standard InChI is InChI=1S/C11H14FNO2/c12-10-4-2-1-3-9(10)11(13)7-15-6-8(11)5-14/h1-4,8,14H,5-7,13H2/t8?,11-/m0/s1. The molecular formula is C11H14FNO2.